The van der Waals surface area contributed by atoms with Gasteiger partial charge in [-0.05, 0) is 56.4 Å². The molecule has 0 fully saturated rings. The topological polar surface area (TPSA) is 28.7 Å². The van der Waals surface area contributed by atoms with Crippen LogP contribution in [0.25, 0.3) is 11.4 Å². The number of hydrogen-bond acceptors (Lipinski definition) is 2. The summed E-state index contributed by atoms with van der Waals surface area (Å²) in [5.41, 5.74) is 3.89. The average Bonchev–Trinajstić information content (AvgIpc) is 2.42. The van der Waals surface area contributed by atoms with Crippen molar-refractivity contribution in [2.75, 3.05) is 0 Å². The Morgan fingerprint density at radius 1 is 1.26 bits per heavy atom. The van der Waals surface area contributed by atoms with E-state index in [0.717, 1.165) is 24.2 Å². The van der Waals surface area contributed by atoms with Gasteiger partial charge in [0.15, 0.2) is 0 Å². The van der Waals surface area contributed by atoms with Crippen molar-refractivity contribution in [1.29, 1.82) is 0 Å². The van der Waals surface area contributed by atoms with Gasteiger partial charge in [-0.1, -0.05) is 12.2 Å². The van der Waals surface area contributed by atoms with Crippen LogP contribution >= 0.6 is 12.2 Å². The number of aryl methyl sites for hydroxylation is 2. The Labute approximate surface area is 116 Å². The number of nitrogens with zero attached hydrogens (tertiary/aromatic N) is 1. The first kappa shape index (κ1) is 12.5. The summed E-state index contributed by atoms with van der Waals surface area (Å²) in [4.78, 5) is 7.83. The molecule has 0 bridgehead atoms. The lowest BCUT2D eigenvalue weighted by molar-refractivity contribution is 0.618. The molecule has 2 nitrogen and oxygen atoms in total. The van der Waals surface area contributed by atoms with Crippen molar-refractivity contribution in [2.45, 2.75) is 32.6 Å². The summed E-state index contributed by atoms with van der Waals surface area (Å²) in [5.74, 6) is 0.550. The van der Waals surface area contributed by atoms with Gasteiger partial charge in [0.2, 0.25) is 0 Å². The maximum atomic E-state index is 13.3. The molecule has 1 aromatic heterocycles. The van der Waals surface area contributed by atoms with Crippen LogP contribution in [0.1, 0.15) is 29.7 Å². The zero-order valence-electron chi connectivity index (χ0n) is 10.8. The molecular weight excluding hydrogens is 259 g/mol. The van der Waals surface area contributed by atoms with Crippen molar-refractivity contribution < 1.29 is 4.39 Å². The number of hydrogen-bond donors (Lipinski definition) is 1. The van der Waals surface area contributed by atoms with Crippen LogP contribution in [0, 0.1) is 17.4 Å². The van der Waals surface area contributed by atoms with Crippen LogP contribution in [0.4, 0.5) is 4.39 Å². The molecular formula is C15H15FN2S. The van der Waals surface area contributed by atoms with Gasteiger partial charge in [0.05, 0.1) is 0 Å². The summed E-state index contributed by atoms with van der Waals surface area (Å²) in [6, 6.07) is 5.02. The Bertz CT molecular complexity index is 691. The van der Waals surface area contributed by atoms with Crippen LogP contribution in [0.15, 0.2) is 18.2 Å². The molecule has 0 saturated carbocycles. The Morgan fingerprint density at radius 3 is 2.84 bits per heavy atom. The number of aromatic nitrogens is 2. The first-order valence-corrected chi connectivity index (χ1v) is 6.94. The van der Waals surface area contributed by atoms with E-state index >= 15 is 0 Å². The Kier molecular flexibility index (Phi) is 3.19. The van der Waals surface area contributed by atoms with Crippen LogP contribution in [0.3, 0.4) is 0 Å². The third-order valence-corrected chi connectivity index (χ3v) is 3.98. The summed E-state index contributed by atoms with van der Waals surface area (Å²) in [6.45, 7) is 1.76. The van der Waals surface area contributed by atoms with Gasteiger partial charge in [-0.3, -0.25) is 0 Å². The molecule has 0 unspecified atom stereocenters. The molecule has 98 valence electrons. The molecule has 2 aromatic rings. The van der Waals surface area contributed by atoms with Gasteiger partial charge in [0, 0.05) is 16.8 Å². The molecule has 3 rings (SSSR count). The lowest BCUT2D eigenvalue weighted by Crippen LogP contribution is -2.08. The lowest BCUT2D eigenvalue weighted by atomic mass is 9.97. The largest absolute Gasteiger partial charge is 0.343 e. The van der Waals surface area contributed by atoms with Crippen molar-refractivity contribution in [3.8, 4) is 11.4 Å². The standard InChI is InChI=1S/C15H15FN2S/c1-9-8-10(6-7-12(9)16)14-17-13-5-3-2-4-11(13)15(19)18-14/h6-8H,2-5H2,1H3,(H,17,18,19). The second kappa shape index (κ2) is 4.85. The minimum Gasteiger partial charge on any atom is -0.343 e. The fourth-order valence-electron chi connectivity index (χ4n) is 2.55. The van der Waals surface area contributed by atoms with Gasteiger partial charge in [-0.2, -0.15) is 0 Å². The number of halogens is 1. The summed E-state index contributed by atoms with van der Waals surface area (Å²) in [5, 5.41) is 0. The molecule has 0 atom stereocenters. The van der Waals surface area contributed by atoms with E-state index in [-0.39, 0.29) is 5.82 Å². The zero-order chi connectivity index (χ0) is 13.4. The predicted molar refractivity (Wildman–Crippen MR) is 76.2 cm³/mol. The highest BCUT2D eigenvalue weighted by molar-refractivity contribution is 7.71. The van der Waals surface area contributed by atoms with Crippen molar-refractivity contribution in [3.63, 3.8) is 0 Å². The number of benzene rings is 1. The van der Waals surface area contributed by atoms with Gasteiger partial charge in [-0.15, -0.1) is 0 Å². The highest BCUT2D eigenvalue weighted by Crippen LogP contribution is 2.24. The highest BCUT2D eigenvalue weighted by Gasteiger charge is 2.14. The minimum absolute atomic E-state index is 0.194. The van der Waals surface area contributed by atoms with Crippen LogP contribution in [0.5, 0.6) is 0 Å². The van der Waals surface area contributed by atoms with E-state index in [1.165, 1.54) is 30.2 Å². The maximum absolute atomic E-state index is 13.3. The van der Waals surface area contributed by atoms with Gasteiger partial charge < -0.3 is 4.98 Å². The quantitative estimate of drug-likeness (QED) is 0.792. The minimum atomic E-state index is -0.194. The SMILES string of the molecule is Cc1cc(-c2nc(=S)c3c([nH]2)CCCC3)ccc1F. The van der Waals surface area contributed by atoms with E-state index in [1.807, 2.05) is 0 Å². The van der Waals surface area contributed by atoms with Crippen LogP contribution in [-0.2, 0) is 12.8 Å². The molecule has 0 aliphatic heterocycles. The predicted octanol–water partition coefficient (Wildman–Crippen LogP) is 4.13. The molecule has 1 aliphatic rings. The normalized spacial score (nSPS) is 14.2. The van der Waals surface area contributed by atoms with E-state index < -0.39 is 0 Å². The van der Waals surface area contributed by atoms with Gasteiger partial charge >= 0.3 is 0 Å². The molecule has 1 aliphatic carbocycles. The van der Waals surface area contributed by atoms with E-state index in [1.54, 1.807) is 19.1 Å². The lowest BCUT2D eigenvalue weighted by Gasteiger charge is -2.16. The van der Waals surface area contributed by atoms with Gasteiger partial charge in [-0.25, -0.2) is 9.37 Å². The third-order valence-electron chi connectivity index (χ3n) is 3.64. The fraction of sp³-hybridized carbons (Fsp3) is 0.333. The van der Waals surface area contributed by atoms with Crippen LogP contribution in [0.2, 0.25) is 0 Å². The number of aromatic amines is 1. The second-order valence-corrected chi connectivity index (χ2v) is 5.41. The molecule has 1 heterocycles. The summed E-state index contributed by atoms with van der Waals surface area (Å²) < 4.78 is 14.0. The number of fused-ring (bicyclic) bond motifs is 1. The summed E-state index contributed by atoms with van der Waals surface area (Å²) in [6.07, 6.45) is 4.40. The molecule has 1 aromatic carbocycles. The third kappa shape index (κ3) is 2.32. The molecule has 0 amide bonds. The fourth-order valence-corrected chi connectivity index (χ4v) is 2.86. The Balaban J connectivity index is 2.12. The van der Waals surface area contributed by atoms with Crippen molar-refractivity contribution in [3.05, 3.63) is 45.5 Å². The number of H-pyrrole nitrogens is 1. The Morgan fingerprint density at radius 2 is 2.05 bits per heavy atom. The molecule has 0 spiro atoms. The Hall–Kier alpha value is -1.55. The molecule has 19 heavy (non-hydrogen) atoms. The summed E-state index contributed by atoms with van der Waals surface area (Å²) >= 11 is 5.38. The first-order chi connectivity index (χ1) is 9.15. The summed E-state index contributed by atoms with van der Waals surface area (Å²) in [7, 11) is 0. The van der Waals surface area contributed by atoms with E-state index in [0.29, 0.717) is 10.2 Å². The van der Waals surface area contributed by atoms with Gasteiger partial charge in [0.1, 0.15) is 16.3 Å². The maximum Gasteiger partial charge on any atom is 0.139 e. The molecule has 0 saturated heterocycles. The highest BCUT2D eigenvalue weighted by atomic mass is 32.1. The van der Waals surface area contributed by atoms with E-state index in [9.17, 15) is 4.39 Å². The smallest absolute Gasteiger partial charge is 0.139 e. The van der Waals surface area contributed by atoms with Crippen molar-refractivity contribution >= 4 is 12.2 Å². The first-order valence-electron chi connectivity index (χ1n) is 6.54. The van der Waals surface area contributed by atoms with Crippen molar-refractivity contribution in [2.24, 2.45) is 0 Å². The van der Waals surface area contributed by atoms with Crippen LogP contribution in [-0.4, -0.2) is 9.97 Å². The van der Waals surface area contributed by atoms with E-state index in [2.05, 4.69) is 9.97 Å². The van der Waals surface area contributed by atoms with Gasteiger partial charge in [0.25, 0.3) is 0 Å². The number of nitrogens with one attached hydrogen (secondary N) is 1. The van der Waals surface area contributed by atoms with Crippen LogP contribution < -0.4 is 0 Å². The zero-order valence-corrected chi connectivity index (χ0v) is 11.6. The second-order valence-electron chi connectivity index (χ2n) is 5.02. The average molecular weight is 274 g/mol. The monoisotopic (exact) mass is 274 g/mol. The molecule has 1 N–H and O–H groups in total. The number of rotatable bonds is 1. The van der Waals surface area contributed by atoms with E-state index in [4.69, 9.17) is 12.2 Å². The molecule has 0 radical (unpaired) electrons. The molecule has 4 heteroatoms. The van der Waals surface area contributed by atoms with Crippen molar-refractivity contribution in [1.82, 2.24) is 9.97 Å².